The number of anilines is 1. The molecule has 1 heterocycles. The first-order chi connectivity index (χ1) is 9.31. The first kappa shape index (κ1) is 15.2. The monoisotopic (exact) mass is 365 g/mol. The average Bonchev–Trinajstić information content (AvgIpc) is 2.76. The minimum Gasteiger partial charge on any atom is -0.253 e. The van der Waals surface area contributed by atoms with Crippen LogP contribution >= 0.6 is 27.3 Å². The van der Waals surface area contributed by atoms with Crippen molar-refractivity contribution in [1.29, 1.82) is 0 Å². The number of hydrazone groups is 1. The molecule has 0 aliphatic carbocycles. The van der Waals surface area contributed by atoms with E-state index in [2.05, 4.69) is 31.4 Å². The molecule has 108 valence electrons. The highest BCUT2D eigenvalue weighted by atomic mass is 79.9. The van der Waals surface area contributed by atoms with Gasteiger partial charge in [0.2, 0.25) is 5.13 Å². The van der Waals surface area contributed by atoms with E-state index in [-0.39, 0.29) is 5.52 Å². The maximum Gasteiger partial charge on any atom is 0.418 e. The summed E-state index contributed by atoms with van der Waals surface area (Å²) in [5, 5.41) is 4.39. The van der Waals surface area contributed by atoms with Crippen molar-refractivity contribution >= 4 is 48.3 Å². The molecule has 0 bridgehead atoms. The molecule has 0 aliphatic rings. The van der Waals surface area contributed by atoms with Crippen LogP contribution in [0.15, 0.2) is 21.7 Å². The Hall–Kier alpha value is -1.15. The maximum absolute atomic E-state index is 13.0. The van der Waals surface area contributed by atoms with Gasteiger partial charge in [0.05, 0.1) is 15.8 Å². The van der Waals surface area contributed by atoms with Crippen LogP contribution in [-0.4, -0.2) is 10.7 Å². The molecule has 1 aromatic carbocycles. The van der Waals surface area contributed by atoms with Crippen LogP contribution in [0.25, 0.3) is 10.2 Å². The van der Waals surface area contributed by atoms with E-state index in [9.17, 15) is 13.2 Å². The Balaban J connectivity index is 2.48. The van der Waals surface area contributed by atoms with Gasteiger partial charge in [0.1, 0.15) is 0 Å². The summed E-state index contributed by atoms with van der Waals surface area (Å²) in [4.78, 5) is 3.99. The van der Waals surface area contributed by atoms with Crippen LogP contribution in [0, 0.1) is 0 Å². The molecule has 0 radical (unpaired) electrons. The zero-order chi connectivity index (χ0) is 14.9. The van der Waals surface area contributed by atoms with Crippen LogP contribution in [0.3, 0.4) is 0 Å². The van der Waals surface area contributed by atoms with Gasteiger partial charge in [-0.1, -0.05) is 34.2 Å². The normalized spacial score (nSPS) is 13.0. The molecule has 0 unspecified atom stereocenters. The quantitative estimate of drug-likeness (QED) is 0.593. The summed E-state index contributed by atoms with van der Waals surface area (Å²) in [7, 11) is 0. The first-order valence-electron chi connectivity index (χ1n) is 5.77. The largest absolute Gasteiger partial charge is 0.418 e. The molecule has 8 heteroatoms. The van der Waals surface area contributed by atoms with Crippen molar-refractivity contribution in [1.82, 2.24) is 4.98 Å². The van der Waals surface area contributed by atoms with Gasteiger partial charge in [-0.05, 0) is 25.5 Å². The molecule has 0 spiro atoms. The lowest BCUT2D eigenvalue weighted by Gasteiger charge is -2.07. The van der Waals surface area contributed by atoms with Gasteiger partial charge in [0.15, 0.2) is 0 Å². The van der Waals surface area contributed by atoms with Gasteiger partial charge in [-0.2, -0.15) is 18.3 Å². The van der Waals surface area contributed by atoms with Crippen LogP contribution in [0.5, 0.6) is 0 Å². The molecule has 0 amide bonds. The van der Waals surface area contributed by atoms with Gasteiger partial charge < -0.3 is 0 Å². The number of benzene rings is 1. The van der Waals surface area contributed by atoms with Gasteiger partial charge in [-0.25, -0.2) is 4.98 Å². The van der Waals surface area contributed by atoms with E-state index in [0.29, 0.717) is 14.3 Å². The number of nitrogens with zero attached hydrogens (tertiary/aromatic N) is 2. The lowest BCUT2D eigenvalue weighted by atomic mass is 10.2. The molecule has 1 N–H and O–H groups in total. The molecule has 0 aliphatic heterocycles. The van der Waals surface area contributed by atoms with Crippen LogP contribution in [-0.2, 0) is 6.18 Å². The Morgan fingerprint density at radius 1 is 1.45 bits per heavy atom. The van der Waals surface area contributed by atoms with E-state index in [0.717, 1.165) is 29.5 Å². The molecule has 2 aromatic rings. The van der Waals surface area contributed by atoms with E-state index in [4.69, 9.17) is 0 Å². The summed E-state index contributed by atoms with van der Waals surface area (Å²) in [6, 6.07) is 2.65. The summed E-state index contributed by atoms with van der Waals surface area (Å²) in [6.45, 7) is 3.77. The smallest absolute Gasteiger partial charge is 0.253 e. The third-order valence-corrected chi connectivity index (χ3v) is 3.98. The molecule has 0 atom stereocenters. The third kappa shape index (κ3) is 3.29. The van der Waals surface area contributed by atoms with Gasteiger partial charge in [0.25, 0.3) is 0 Å². The first-order valence-corrected chi connectivity index (χ1v) is 7.38. The predicted octanol–water partition coefficient (Wildman–Crippen LogP) is 5.28. The molecule has 0 saturated heterocycles. The van der Waals surface area contributed by atoms with E-state index in [1.807, 2.05) is 13.8 Å². The van der Waals surface area contributed by atoms with Gasteiger partial charge in [-0.3, -0.25) is 5.43 Å². The number of aromatic nitrogens is 1. The number of hydrogen-bond donors (Lipinski definition) is 1. The van der Waals surface area contributed by atoms with Gasteiger partial charge in [-0.15, -0.1) is 0 Å². The summed E-state index contributed by atoms with van der Waals surface area (Å²) >= 11 is 4.22. The Morgan fingerprint density at radius 3 is 2.75 bits per heavy atom. The van der Waals surface area contributed by atoms with Crippen molar-refractivity contribution in [3.8, 4) is 0 Å². The van der Waals surface area contributed by atoms with Gasteiger partial charge in [0, 0.05) is 10.2 Å². The SMILES string of the molecule is CC/C(C)=N/Nc1nc2c(C(F)(F)F)cc(Br)cc2s1. The van der Waals surface area contributed by atoms with Crippen LogP contribution < -0.4 is 5.43 Å². The molecule has 0 fully saturated rings. The molecule has 20 heavy (non-hydrogen) atoms. The molecule has 1 aromatic heterocycles. The molecule has 2 rings (SSSR count). The van der Waals surface area contributed by atoms with Crippen LogP contribution in [0.2, 0.25) is 0 Å². The van der Waals surface area contributed by atoms with E-state index in [1.54, 1.807) is 6.07 Å². The Labute approximate surface area is 126 Å². The second-order valence-corrected chi connectivity index (χ2v) is 6.08. The van der Waals surface area contributed by atoms with Crippen molar-refractivity contribution in [3.63, 3.8) is 0 Å². The van der Waals surface area contributed by atoms with Crippen molar-refractivity contribution in [3.05, 3.63) is 22.2 Å². The van der Waals surface area contributed by atoms with E-state index >= 15 is 0 Å². The topological polar surface area (TPSA) is 37.3 Å². The second kappa shape index (κ2) is 5.69. The fourth-order valence-corrected chi connectivity index (χ4v) is 2.97. The lowest BCUT2D eigenvalue weighted by molar-refractivity contribution is -0.136. The Morgan fingerprint density at radius 2 is 2.15 bits per heavy atom. The average molecular weight is 366 g/mol. The highest BCUT2D eigenvalue weighted by Crippen LogP contribution is 2.39. The Bertz CT molecular complexity index is 664. The lowest BCUT2D eigenvalue weighted by Crippen LogP contribution is -2.05. The zero-order valence-electron chi connectivity index (χ0n) is 10.7. The predicted molar refractivity (Wildman–Crippen MR) is 79.3 cm³/mol. The van der Waals surface area contributed by atoms with E-state index in [1.165, 1.54) is 0 Å². The number of nitrogens with one attached hydrogen (secondary N) is 1. The second-order valence-electron chi connectivity index (χ2n) is 4.13. The third-order valence-electron chi connectivity index (χ3n) is 2.62. The molecule has 3 nitrogen and oxygen atoms in total. The fourth-order valence-electron chi connectivity index (χ4n) is 1.48. The van der Waals surface area contributed by atoms with Crippen LogP contribution in [0.1, 0.15) is 25.8 Å². The number of fused-ring (bicyclic) bond motifs is 1. The molecule has 0 saturated carbocycles. The summed E-state index contributed by atoms with van der Waals surface area (Å²) < 4.78 is 39.7. The number of thiazole rings is 1. The van der Waals surface area contributed by atoms with E-state index < -0.39 is 11.7 Å². The van der Waals surface area contributed by atoms with Crippen molar-refractivity contribution < 1.29 is 13.2 Å². The summed E-state index contributed by atoms with van der Waals surface area (Å²) in [6.07, 6.45) is -3.67. The maximum atomic E-state index is 13.0. The van der Waals surface area contributed by atoms with Gasteiger partial charge >= 0.3 is 6.18 Å². The highest BCUT2D eigenvalue weighted by Gasteiger charge is 2.34. The zero-order valence-corrected chi connectivity index (χ0v) is 13.1. The Kier molecular flexibility index (Phi) is 4.33. The van der Waals surface area contributed by atoms with Crippen molar-refractivity contribution in [2.75, 3.05) is 5.43 Å². The minimum atomic E-state index is -4.43. The molecular weight excluding hydrogens is 355 g/mol. The number of halogens is 4. The highest BCUT2D eigenvalue weighted by molar-refractivity contribution is 9.10. The number of rotatable bonds is 3. The summed E-state index contributed by atoms with van der Waals surface area (Å²) in [5.41, 5.74) is 2.74. The fraction of sp³-hybridized carbons (Fsp3) is 0.333. The van der Waals surface area contributed by atoms with Crippen molar-refractivity contribution in [2.45, 2.75) is 26.4 Å². The van der Waals surface area contributed by atoms with Crippen molar-refractivity contribution in [2.24, 2.45) is 5.10 Å². The summed E-state index contributed by atoms with van der Waals surface area (Å²) in [5.74, 6) is 0. The minimum absolute atomic E-state index is 0.0578. The number of hydrogen-bond acceptors (Lipinski definition) is 4. The molecular formula is C12H11BrF3N3S. The number of alkyl halides is 3. The van der Waals surface area contributed by atoms with Crippen LogP contribution in [0.4, 0.5) is 18.3 Å². The standard InChI is InChI=1S/C12H11BrF3N3S/c1-3-6(2)18-19-11-17-10-8(12(14,15)16)4-7(13)5-9(10)20-11/h4-5H,3H2,1-2H3,(H,17,19)/b18-6+.